The molecule has 1 aromatic heterocycles. The zero-order valence-corrected chi connectivity index (χ0v) is 18.4. The predicted molar refractivity (Wildman–Crippen MR) is 122 cm³/mol. The van der Waals surface area contributed by atoms with Crippen LogP contribution in [-0.2, 0) is 30.4 Å². The maximum Gasteiger partial charge on any atom is 0.264 e. The average molecular weight is 445 g/mol. The molecule has 8 heteroatoms. The molecule has 2 heterocycles. The molecule has 0 aliphatic carbocycles. The second-order valence-electron chi connectivity index (χ2n) is 7.77. The van der Waals surface area contributed by atoms with Crippen molar-refractivity contribution in [1.82, 2.24) is 4.98 Å². The quantitative estimate of drug-likeness (QED) is 0.384. The summed E-state index contributed by atoms with van der Waals surface area (Å²) in [5, 5.41) is 4.78. The molecule has 0 radical (unpaired) electrons. The molecule has 0 saturated carbocycles. The number of hydrogen-bond acceptors (Lipinski definition) is 6. The van der Waals surface area contributed by atoms with Gasteiger partial charge >= 0.3 is 0 Å². The van der Waals surface area contributed by atoms with E-state index in [9.17, 15) is 8.42 Å². The zero-order valence-electron chi connectivity index (χ0n) is 17.6. The van der Waals surface area contributed by atoms with E-state index < -0.39 is 10.1 Å². The third-order valence-corrected chi connectivity index (χ3v) is 5.84. The molecule has 1 aliphatic heterocycles. The molecular formula is C23H28N2O5S. The van der Waals surface area contributed by atoms with E-state index in [0.29, 0.717) is 12.6 Å². The van der Waals surface area contributed by atoms with Gasteiger partial charge in [-0.25, -0.2) is 0 Å². The fraction of sp³-hybridized carbons (Fsp3) is 0.391. The largest absolute Gasteiger partial charge is 0.381 e. The number of hydrogen-bond donors (Lipinski definition) is 2. The summed E-state index contributed by atoms with van der Waals surface area (Å²) in [4.78, 5) is 3.57. The fourth-order valence-electron chi connectivity index (χ4n) is 3.77. The van der Waals surface area contributed by atoms with Gasteiger partial charge in [-0.15, -0.1) is 0 Å². The lowest BCUT2D eigenvalue weighted by Gasteiger charge is -2.24. The maximum absolute atomic E-state index is 11.1. The van der Waals surface area contributed by atoms with Crippen molar-refractivity contribution in [3.8, 4) is 11.3 Å². The van der Waals surface area contributed by atoms with Crippen LogP contribution in [0.15, 0.2) is 48.5 Å². The van der Waals surface area contributed by atoms with Crippen molar-refractivity contribution in [2.75, 3.05) is 38.0 Å². The van der Waals surface area contributed by atoms with Crippen LogP contribution in [-0.4, -0.2) is 52.1 Å². The minimum Gasteiger partial charge on any atom is -0.381 e. The Kier molecular flexibility index (Phi) is 6.92. The fourth-order valence-corrected chi connectivity index (χ4v) is 4.14. The van der Waals surface area contributed by atoms with Gasteiger partial charge in [0.05, 0.1) is 37.3 Å². The molecule has 0 unspecified atom stereocenters. The number of H-pyrrole nitrogens is 1. The van der Waals surface area contributed by atoms with Crippen molar-refractivity contribution in [2.45, 2.75) is 25.5 Å². The summed E-state index contributed by atoms with van der Waals surface area (Å²) < 4.78 is 38.0. The van der Waals surface area contributed by atoms with E-state index in [0.717, 1.165) is 65.7 Å². The molecule has 31 heavy (non-hydrogen) atoms. The Morgan fingerprint density at radius 2 is 1.87 bits per heavy atom. The second kappa shape index (κ2) is 9.82. The van der Waals surface area contributed by atoms with Crippen LogP contribution in [0, 0.1) is 0 Å². The summed E-state index contributed by atoms with van der Waals surface area (Å²) in [5.74, 6) is 0. The molecule has 1 fully saturated rings. The Labute approximate surface area is 182 Å². The van der Waals surface area contributed by atoms with E-state index >= 15 is 0 Å². The van der Waals surface area contributed by atoms with Crippen molar-refractivity contribution >= 4 is 26.7 Å². The van der Waals surface area contributed by atoms with Crippen LogP contribution in [0.1, 0.15) is 18.4 Å². The summed E-state index contributed by atoms with van der Waals surface area (Å²) in [7, 11) is -3.45. The molecule has 2 N–H and O–H groups in total. The summed E-state index contributed by atoms with van der Waals surface area (Å²) in [6, 6.07) is 16.9. The normalized spacial score (nSPS) is 15.4. The summed E-state index contributed by atoms with van der Waals surface area (Å²) in [6.07, 6.45) is 2.97. The van der Waals surface area contributed by atoms with Crippen molar-refractivity contribution < 1.29 is 22.1 Å². The minimum absolute atomic E-state index is 0.0105. The first-order valence-electron chi connectivity index (χ1n) is 10.5. The zero-order chi connectivity index (χ0) is 21.7. The molecule has 7 nitrogen and oxygen atoms in total. The number of aromatic nitrogens is 1. The monoisotopic (exact) mass is 444 g/mol. The number of ether oxygens (including phenoxy) is 2. The average Bonchev–Trinajstić information content (AvgIpc) is 3.19. The highest BCUT2D eigenvalue weighted by atomic mass is 32.2. The number of nitrogens with one attached hydrogen (secondary N) is 2. The summed E-state index contributed by atoms with van der Waals surface area (Å²) in [6.45, 7) is 2.12. The standard InChI is InChI=1S/C23H28N2O5S/c1-31(26,27)30-12-11-29-16-17-13-19-15-21(18-5-3-2-4-6-18)25-23(19)22(14-17)24-20-7-9-28-10-8-20/h2-6,13-15,20,24-25H,7-12,16H2,1H3. The number of anilines is 1. The Hall–Kier alpha value is -2.39. The summed E-state index contributed by atoms with van der Waals surface area (Å²) >= 11 is 0. The highest BCUT2D eigenvalue weighted by molar-refractivity contribution is 7.85. The molecular weight excluding hydrogens is 416 g/mol. The van der Waals surface area contributed by atoms with Gasteiger partial charge in [-0.1, -0.05) is 30.3 Å². The number of rotatable bonds is 9. The molecule has 2 aromatic carbocycles. The van der Waals surface area contributed by atoms with Gasteiger partial charge in [0.2, 0.25) is 0 Å². The first-order valence-corrected chi connectivity index (χ1v) is 12.3. The lowest BCUT2D eigenvalue weighted by Crippen LogP contribution is -2.28. The third kappa shape index (κ3) is 6.07. The van der Waals surface area contributed by atoms with Crippen LogP contribution in [0.2, 0.25) is 0 Å². The Balaban J connectivity index is 1.55. The molecule has 0 bridgehead atoms. The van der Waals surface area contributed by atoms with Gasteiger partial charge in [-0.3, -0.25) is 4.18 Å². The number of fused-ring (bicyclic) bond motifs is 1. The van der Waals surface area contributed by atoms with E-state index in [-0.39, 0.29) is 13.2 Å². The van der Waals surface area contributed by atoms with Crippen LogP contribution in [0.3, 0.4) is 0 Å². The first-order chi connectivity index (χ1) is 15.0. The van der Waals surface area contributed by atoms with Crippen LogP contribution >= 0.6 is 0 Å². The lowest BCUT2D eigenvalue weighted by molar-refractivity contribution is 0.0902. The molecule has 4 rings (SSSR count). The minimum atomic E-state index is -3.45. The molecule has 0 spiro atoms. The van der Waals surface area contributed by atoms with Gasteiger partial charge in [0.25, 0.3) is 10.1 Å². The second-order valence-corrected chi connectivity index (χ2v) is 9.41. The van der Waals surface area contributed by atoms with Gasteiger partial charge in [-0.2, -0.15) is 8.42 Å². The molecule has 3 aromatic rings. The number of benzene rings is 2. The molecule has 1 aliphatic rings. The third-order valence-electron chi connectivity index (χ3n) is 5.25. The molecule has 0 amide bonds. The van der Waals surface area contributed by atoms with E-state index in [4.69, 9.17) is 13.7 Å². The maximum atomic E-state index is 11.1. The Morgan fingerprint density at radius 3 is 2.61 bits per heavy atom. The highest BCUT2D eigenvalue weighted by Gasteiger charge is 2.16. The predicted octanol–water partition coefficient (Wildman–Crippen LogP) is 3.92. The smallest absolute Gasteiger partial charge is 0.264 e. The van der Waals surface area contributed by atoms with E-state index in [2.05, 4.69) is 40.6 Å². The van der Waals surface area contributed by atoms with E-state index in [1.165, 1.54) is 0 Å². The van der Waals surface area contributed by atoms with Gasteiger partial charge in [-0.05, 0) is 42.2 Å². The lowest BCUT2D eigenvalue weighted by atomic mass is 10.1. The van der Waals surface area contributed by atoms with Gasteiger partial charge in [0, 0.05) is 30.3 Å². The van der Waals surface area contributed by atoms with Crippen LogP contribution in [0.25, 0.3) is 22.2 Å². The first kappa shape index (κ1) is 21.8. The van der Waals surface area contributed by atoms with Gasteiger partial charge in [0.15, 0.2) is 0 Å². The van der Waals surface area contributed by atoms with Crippen molar-refractivity contribution in [1.29, 1.82) is 0 Å². The Morgan fingerprint density at radius 1 is 1.10 bits per heavy atom. The highest BCUT2D eigenvalue weighted by Crippen LogP contribution is 2.31. The van der Waals surface area contributed by atoms with Gasteiger partial charge < -0.3 is 19.8 Å². The van der Waals surface area contributed by atoms with E-state index in [1.54, 1.807) is 0 Å². The van der Waals surface area contributed by atoms with E-state index in [1.807, 2.05) is 18.2 Å². The van der Waals surface area contributed by atoms with Crippen molar-refractivity contribution in [3.05, 3.63) is 54.1 Å². The SMILES string of the molecule is CS(=O)(=O)OCCOCc1cc(NC2CCOCC2)c2[nH]c(-c3ccccc3)cc2c1. The number of aromatic amines is 1. The van der Waals surface area contributed by atoms with Crippen LogP contribution < -0.4 is 5.32 Å². The Bertz CT molecular complexity index is 1110. The van der Waals surface area contributed by atoms with Crippen LogP contribution in [0.5, 0.6) is 0 Å². The van der Waals surface area contributed by atoms with Gasteiger partial charge in [0.1, 0.15) is 0 Å². The molecule has 0 atom stereocenters. The molecule has 1 saturated heterocycles. The van der Waals surface area contributed by atoms with Crippen molar-refractivity contribution in [3.63, 3.8) is 0 Å². The summed E-state index contributed by atoms with van der Waals surface area (Å²) in [5.41, 5.74) is 5.31. The molecule has 166 valence electrons. The van der Waals surface area contributed by atoms with Crippen LogP contribution in [0.4, 0.5) is 5.69 Å². The van der Waals surface area contributed by atoms with Crippen molar-refractivity contribution in [2.24, 2.45) is 0 Å². The topological polar surface area (TPSA) is 89.7 Å².